The number of carbonyl (C=O) groups is 3. The minimum atomic E-state index is -0.877. The zero-order valence-electron chi connectivity index (χ0n) is 20.4. The molecule has 186 valence electrons. The number of carboxylic acids is 1. The fraction of sp³-hybridized carbons (Fsp3) is 0.464. The molecular formula is C28H34N2O5. The molecule has 7 heteroatoms. The summed E-state index contributed by atoms with van der Waals surface area (Å²) in [6, 6.07) is 16.3. The molecule has 2 aliphatic carbocycles. The molecule has 0 spiro atoms. The van der Waals surface area contributed by atoms with Gasteiger partial charge in [-0.05, 0) is 48.4 Å². The van der Waals surface area contributed by atoms with Gasteiger partial charge in [0.05, 0.1) is 17.4 Å². The number of carbonyl (C=O) groups excluding carboxylic acids is 2. The largest absolute Gasteiger partial charge is 0.481 e. The van der Waals surface area contributed by atoms with E-state index in [0.29, 0.717) is 19.3 Å². The Morgan fingerprint density at radius 2 is 1.69 bits per heavy atom. The lowest BCUT2D eigenvalue weighted by Gasteiger charge is -2.40. The molecule has 3 N–H and O–H groups in total. The SMILES string of the molecule is CCC(CNC(=O)OCC1c2ccccc2-c2ccccc21)C(=O)NC1(C)CCCCC1C(=O)O. The van der Waals surface area contributed by atoms with Crippen molar-refractivity contribution in [2.75, 3.05) is 13.2 Å². The Hall–Kier alpha value is -3.35. The first-order valence-electron chi connectivity index (χ1n) is 12.5. The van der Waals surface area contributed by atoms with Crippen molar-refractivity contribution in [3.05, 3.63) is 59.7 Å². The highest BCUT2D eigenvalue weighted by atomic mass is 16.5. The van der Waals surface area contributed by atoms with Crippen LogP contribution in [0.25, 0.3) is 11.1 Å². The van der Waals surface area contributed by atoms with Gasteiger partial charge in [-0.1, -0.05) is 68.3 Å². The Morgan fingerprint density at radius 1 is 1.06 bits per heavy atom. The van der Waals surface area contributed by atoms with Crippen LogP contribution < -0.4 is 10.6 Å². The van der Waals surface area contributed by atoms with Gasteiger partial charge in [-0.15, -0.1) is 0 Å². The second kappa shape index (κ2) is 10.5. The molecule has 0 aliphatic heterocycles. The molecule has 3 unspecified atom stereocenters. The summed E-state index contributed by atoms with van der Waals surface area (Å²) < 4.78 is 5.57. The second-order valence-electron chi connectivity index (χ2n) is 9.85. The molecule has 2 aromatic carbocycles. The predicted octanol–water partition coefficient (Wildman–Crippen LogP) is 4.70. The molecule has 0 heterocycles. The number of hydrogen-bond donors (Lipinski definition) is 3. The second-order valence-corrected chi connectivity index (χ2v) is 9.85. The molecular weight excluding hydrogens is 444 g/mol. The number of alkyl carbamates (subject to hydrolysis) is 1. The maximum Gasteiger partial charge on any atom is 0.407 e. The summed E-state index contributed by atoms with van der Waals surface area (Å²) in [6.07, 6.45) is 2.87. The highest BCUT2D eigenvalue weighted by Crippen LogP contribution is 2.44. The average Bonchev–Trinajstić information content (AvgIpc) is 3.16. The van der Waals surface area contributed by atoms with E-state index in [-0.39, 0.29) is 25.0 Å². The van der Waals surface area contributed by atoms with Gasteiger partial charge in [0.2, 0.25) is 5.91 Å². The van der Waals surface area contributed by atoms with E-state index < -0.39 is 29.4 Å². The monoisotopic (exact) mass is 478 g/mol. The smallest absolute Gasteiger partial charge is 0.407 e. The number of benzene rings is 2. The summed E-state index contributed by atoms with van der Waals surface area (Å²) in [5.41, 5.74) is 3.83. The van der Waals surface area contributed by atoms with E-state index in [0.717, 1.165) is 35.1 Å². The van der Waals surface area contributed by atoms with Crippen molar-refractivity contribution in [3.63, 3.8) is 0 Å². The van der Waals surface area contributed by atoms with Crippen LogP contribution in [0.3, 0.4) is 0 Å². The topological polar surface area (TPSA) is 105 Å². The molecule has 35 heavy (non-hydrogen) atoms. The summed E-state index contributed by atoms with van der Waals surface area (Å²) in [6.45, 7) is 4.03. The molecule has 0 radical (unpaired) electrons. The van der Waals surface area contributed by atoms with Crippen molar-refractivity contribution in [2.24, 2.45) is 11.8 Å². The molecule has 1 saturated carbocycles. The highest BCUT2D eigenvalue weighted by Gasteiger charge is 2.43. The first-order chi connectivity index (χ1) is 16.8. The first-order valence-corrected chi connectivity index (χ1v) is 12.5. The Labute approximate surface area is 206 Å². The lowest BCUT2D eigenvalue weighted by atomic mass is 9.73. The van der Waals surface area contributed by atoms with Crippen LogP contribution in [0, 0.1) is 11.8 Å². The van der Waals surface area contributed by atoms with Gasteiger partial charge in [-0.2, -0.15) is 0 Å². The summed E-state index contributed by atoms with van der Waals surface area (Å²) in [4.78, 5) is 37.2. The van der Waals surface area contributed by atoms with E-state index in [2.05, 4.69) is 34.9 Å². The zero-order valence-corrected chi connectivity index (χ0v) is 20.4. The molecule has 0 saturated heterocycles. The van der Waals surface area contributed by atoms with Crippen LogP contribution in [-0.2, 0) is 14.3 Å². The maximum absolute atomic E-state index is 13.0. The van der Waals surface area contributed by atoms with Crippen molar-refractivity contribution in [2.45, 2.75) is 57.4 Å². The number of amides is 2. The quantitative estimate of drug-likeness (QED) is 0.510. The van der Waals surface area contributed by atoms with E-state index in [4.69, 9.17) is 4.74 Å². The fourth-order valence-electron chi connectivity index (χ4n) is 5.54. The number of hydrogen-bond acceptors (Lipinski definition) is 4. The van der Waals surface area contributed by atoms with Crippen molar-refractivity contribution in [1.29, 1.82) is 0 Å². The normalized spacial score (nSPS) is 21.9. The van der Waals surface area contributed by atoms with Crippen molar-refractivity contribution < 1.29 is 24.2 Å². The molecule has 2 amide bonds. The summed E-state index contributed by atoms with van der Waals surface area (Å²) in [7, 11) is 0. The lowest BCUT2D eigenvalue weighted by molar-refractivity contribution is -0.147. The molecule has 2 aromatic rings. The number of carboxylic acid groups (broad SMARTS) is 1. The van der Waals surface area contributed by atoms with E-state index in [9.17, 15) is 19.5 Å². The fourth-order valence-corrected chi connectivity index (χ4v) is 5.54. The number of rotatable bonds is 8. The zero-order chi connectivity index (χ0) is 25.0. The van der Waals surface area contributed by atoms with Crippen LogP contribution in [0.15, 0.2) is 48.5 Å². The molecule has 0 bridgehead atoms. The standard InChI is InChI=1S/C28H34N2O5/c1-3-18(25(31)30-28(2)15-9-8-14-24(28)26(32)33)16-29-27(34)35-17-23-21-12-6-4-10-19(21)20-11-5-7-13-22(20)23/h4-7,10-13,18,23-24H,3,8-9,14-17H2,1-2H3,(H,29,34)(H,30,31)(H,32,33). The van der Waals surface area contributed by atoms with Crippen molar-refractivity contribution >= 4 is 18.0 Å². The minimum Gasteiger partial charge on any atom is -0.481 e. The van der Waals surface area contributed by atoms with Gasteiger partial charge in [0, 0.05) is 12.5 Å². The van der Waals surface area contributed by atoms with Gasteiger partial charge >= 0.3 is 12.1 Å². The number of fused-ring (bicyclic) bond motifs is 3. The third-order valence-electron chi connectivity index (χ3n) is 7.61. The molecule has 3 atom stereocenters. The summed E-state index contributed by atoms with van der Waals surface area (Å²) in [5.74, 6) is -2.21. The van der Waals surface area contributed by atoms with E-state index >= 15 is 0 Å². The van der Waals surface area contributed by atoms with E-state index in [1.165, 1.54) is 0 Å². The number of nitrogens with one attached hydrogen (secondary N) is 2. The third-order valence-corrected chi connectivity index (χ3v) is 7.61. The van der Waals surface area contributed by atoms with Crippen LogP contribution in [0.5, 0.6) is 0 Å². The number of ether oxygens (including phenoxy) is 1. The van der Waals surface area contributed by atoms with Gasteiger partial charge in [0.25, 0.3) is 0 Å². The van der Waals surface area contributed by atoms with Crippen LogP contribution in [0.1, 0.15) is 63.0 Å². The predicted molar refractivity (Wildman–Crippen MR) is 133 cm³/mol. The molecule has 4 rings (SSSR count). The highest BCUT2D eigenvalue weighted by molar-refractivity contribution is 5.82. The Balaban J connectivity index is 1.32. The van der Waals surface area contributed by atoms with Crippen LogP contribution in [-0.4, -0.2) is 41.8 Å². The Morgan fingerprint density at radius 3 is 2.29 bits per heavy atom. The summed E-state index contributed by atoms with van der Waals surface area (Å²) >= 11 is 0. The van der Waals surface area contributed by atoms with Crippen molar-refractivity contribution in [1.82, 2.24) is 10.6 Å². The van der Waals surface area contributed by atoms with Crippen LogP contribution >= 0.6 is 0 Å². The van der Waals surface area contributed by atoms with Gasteiger partial charge < -0.3 is 20.5 Å². The summed E-state index contributed by atoms with van der Waals surface area (Å²) in [5, 5.41) is 15.3. The molecule has 0 aromatic heterocycles. The van der Waals surface area contributed by atoms with Gasteiger partial charge in [-0.3, -0.25) is 9.59 Å². The van der Waals surface area contributed by atoms with Crippen molar-refractivity contribution in [3.8, 4) is 11.1 Å². The van der Waals surface area contributed by atoms with Crippen LogP contribution in [0.4, 0.5) is 4.79 Å². The van der Waals surface area contributed by atoms with Crippen LogP contribution in [0.2, 0.25) is 0 Å². The third kappa shape index (κ3) is 5.19. The van der Waals surface area contributed by atoms with Gasteiger partial charge in [0.15, 0.2) is 0 Å². The molecule has 7 nitrogen and oxygen atoms in total. The minimum absolute atomic E-state index is 0.0300. The average molecular weight is 479 g/mol. The van der Waals surface area contributed by atoms with Gasteiger partial charge in [0.1, 0.15) is 6.61 Å². The lowest BCUT2D eigenvalue weighted by Crippen LogP contribution is -2.57. The van der Waals surface area contributed by atoms with E-state index in [1.54, 1.807) is 0 Å². The first kappa shape index (κ1) is 24.8. The molecule has 2 aliphatic rings. The Kier molecular flexibility index (Phi) is 7.43. The molecule has 1 fully saturated rings. The van der Waals surface area contributed by atoms with E-state index in [1.807, 2.05) is 38.1 Å². The Bertz CT molecular complexity index is 1050. The maximum atomic E-state index is 13.0. The number of aliphatic carboxylic acids is 1. The van der Waals surface area contributed by atoms with Gasteiger partial charge in [-0.25, -0.2) is 4.79 Å².